The average molecular weight is 239 g/mol. The van der Waals surface area contributed by atoms with Gasteiger partial charge in [0.15, 0.2) is 0 Å². The van der Waals surface area contributed by atoms with Gasteiger partial charge in [0.1, 0.15) is 0 Å². The van der Waals surface area contributed by atoms with Crippen molar-refractivity contribution in [2.45, 2.75) is 24.3 Å². The first-order valence-electron chi connectivity index (χ1n) is 5.18. The summed E-state index contributed by atoms with van der Waals surface area (Å²) < 4.78 is 4.57. The lowest BCUT2D eigenvalue weighted by atomic mass is 10.1. The molecule has 0 aliphatic carbocycles. The van der Waals surface area contributed by atoms with E-state index in [1.54, 1.807) is 11.8 Å². The van der Waals surface area contributed by atoms with Crippen LogP contribution in [0.1, 0.15) is 24.9 Å². The molecule has 0 saturated carbocycles. The molecule has 0 spiro atoms. The van der Waals surface area contributed by atoms with E-state index in [0.29, 0.717) is 6.42 Å². The summed E-state index contributed by atoms with van der Waals surface area (Å²) in [6.07, 6.45) is 0.441. The number of carbonyl (C=O) groups is 1. The van der Waals surface area contributed by atoms with Crippen molar-refractivity contribution in [3.05, 3.63) is 29.8 Å². The van der Waals surface area contributed by atoms with Crippen molar-refractivity contribution >= 4 is 17.7 Å². The van der Waals surface area contributed by atoms with Gasteiger partial charge >= 0.3 is 5.97 Å². The van der Waals surface area contributed by atoms with Gasteiger partial charge in [0.2, 0.25) is 0 Å². The Kier molecular flexibility index (Phi) is 5.35. The van der Waals surface area contributed by atoms with Gasteiger partial charge in [0.05, 0.1) is 13.5 Å². The van der Waals surface area contributed by atoms with Crippen LogP contribution >= 0.6 is 11.8 Å². The summed E-state index contributed by atoms with van der Waals surface area (Å²) in [6, 6.07) is 8.16. The summed E-state index contributed by atoms with van der Waals surface area (Å²) in [7, 11) is 1.41. The van der Waals surface area contributed by atoms with E-state index in [9.17, 15) is 4.79 Å². The Morgan fingerprint density at radius 1 is 1.44 bits per heavy atom. The predicted molar refractivity (Wildman–Crippen MR) is 66.4 cm³/mol. The highest BCUT2D eigenvalue weighted by molar-refractivity contribution is 7.99. The van der Waals surface area contributed by atoms with Crippen LogP contribution in [0, 0.1) is 0 Å². The molecule has 2 N–H and O–H groups in total. The van der Waals surface area contributed by atoms with E-state index in [1.165, 1.54) is 7.11 Å². The molecule has 4 heteroatoms. The van der Waals surface area contributed by atoms with Crippen LogP contribution in [0.4, 0.5) is 0 Å². The smallest absolute Gasteiger partial charge is 0.306 e. The number of methoxy groups -OCH3 is 1. The zero-order valence-electron chi connectivity index (χ0n) is 9.60. The Bertz CT molecular complexity index is 335. The molecular weight excluding hydrogens is 222 g/mol. The molecule has 0 heterocycles. The number of hydrogen-bond donors (Lipinski definition) is 1. The van der Waals surface area contributed by atoms with E-state index in [4.69, 9.17) is 5.73 Å². The molecule has 0 aliphatic heterocycles. The molecule has 3 nitrogen and oxygen atoms in total. The Labute approximate surface area is 100 Å². The molecule has 1 unspecified atom stereocenters. The standard InChI is InChI=1S/C12H17NO2S/c1-9(13)10-3-5-11(6-4-10)16-8-7-12(14)15-2/h3-6,9H,7-8,13H2,1-2H3. The largest absolute Gasteiger partial charge is 0.469 e. The fraction of sp³-hybridized carbons (Fsp3) is 0.417. The first kappa shape index (κ1) is 13.1. The van der Waals surface area contributed by atoms with Gasteiger partial charge in [-0.15, -0.1) is 11.8 Å². The zero-order chi connectivity index (χ0) is 12.0. The fourth-order valence-electron chi connectivity index (χ4n) is 1.22. The summed E-state index contributed by atoms with van der Waals surface area (Å²) in [5.41, 5.74) is 6.88. The van der Waals surface area contributed by atoms with Crippen LogP contribution in [0.3, 0.4) is 0 Å². The minimum Gasteiger partial charge on any atom is -0.469 e. The number of hydrogen-bond acceptors (Lipinski definition) is 4. The number of benzene rings is 1. The summed E-state index contributed by atoms with van der Waals surface area (Å²) >= 11 is 1.64. The lowest BCUT2D eigenvalue weighted by Crippen LogP contribution is -2.04. The van der Waals surface area contributed by atoms with Crippen molar-refractivity contribution in [2.75, 3.05) is 12.9 Å². The second kappa shape index (κ2) is 6.55. The molecule has 1 atom stereocenters. The molecule has 1 rings (SSSR count). The highest BCUT2D eigenvalue weighted by Gasteiger charge is 2.02. The summed E-state index contributed by atoms with van der Waals surface area (Å²) in [5, 5.41) is 0. The minimum atomic E-state index is -0.167. The number of carbonyl (C=O) groups excluding carboxylic acids is 1. The SMILES string of the molecule is COC(=O)CCSc1ccc(C(C)N)cc1. The van der Waals surface area contributed by atoms with Crippen molar-refractivity contribution in [3.8, 4) is 0 Å². The first-order valence-corrected chi connectivity index (χ1v) is 6.17. The van der Waals surface area contributed by atoms with Crippen LogP contribution in [0.15, 0.2) is 29.2 Å². The third-order valence-electron chi connectivity index (χ3n) is 2.21. The highest BCUT2D eigenvalue weighted by Crippen LogP contribution is 2.20. The molecule has 0 radical (unpaired) electrons. The third kappa shape index (κ3) is 4.24. The van der Waals surface area contributed by atoms with E-state index < -0.39 is 0 Å². The Morgan fingerprint density at radius 2 is 2.06 bits per heavy atom. The molecule has 0 fully saturated rings. The summed E-state index contributed by atoms with van der Waals surface area (Å²) in [4.78, 5) is 12.0. The Hall–Kier alpha value is -1.00. The minimum absolute atomic E-state index is 0.0640. The summed E-state index contributed by atoms with van der Waals surface area (Å²) in [5.74, 6) is 0.573. The second-order valence-electron chi connectivity index (χ2n) is 3.53. The number of thioether (sulfide) groups is 1. The number of esters is 1. The van der Waals surface area contributed by atoms with Crippen molar-refractivity contribution in [3.63, 3.8) is 0 Å². The van der Waals surface area contributed by atoms with E-state index >= 15 is 0 Å². The van der Waals surface area contributed by atoms with Gasteiger partial charge in [0, 0.05) is 16.7 Å². The predicted octanol–water partition coefficient (Wildman–Crippen LogP) is 2.36. The second-order valence-corrected chi connectivity index (χ2v) is 4.70. The van der Waals surface area contributed by atoms with Crippen molar-refractivity contribution < 1.29 is 9.53 Å². The molecule has 0 amide bonds. The van der Waals surface area contributed by atoms with Gasteiger partial charge in [-0.25, -0.2) is 0 Å². The van der Waals surface area contributed by atoms with Crippen LogP contribution in [0.25, 0.3) is 0 Å². The van der Waals surface area contributed by atoms with Gasteiger partial charge in [0.25, 0.3) is 0 Å². The van der Waals surface area contributed by atoms with Gasteiger partial charge in [-0.05, 0) is 24.6 Å². The number of nitrogens with two attached hydrogens (primary N) is 1. The fourth-order valence-corrected chi connectivity index (χ4v) is 2.05. The molecule has 16 heavy (non-hydrogen) atoms. The van der Waals surface area contributed by atoms with Crippen LogP contribution in [-0.2, 0) is 9.53 Å². The van der Waals surface area contributed by atoms with E-state index in [0.717, 1.165) is 16.2 Å². The molecule has 88 valence electrons. The van der Waals surface area contributed by atoms with Gasteiger partial charge in [-0.3, -0.25) is 4.79 Å². The lowest BCUT2D eigenvalue weighted by molar-refractivity contribution is -0.140. The van der Waals surface area contributed by atoms with Gasteiger partial charge < -0.3 is 10.5 Å². The molecular formula is C12H17NO2S. The normalized spacial score (nSPS) is 12.2. The molecule has 0 aromatic heterocycles. The van der Waals surface area contributed by atoms with Gasteiger partial charge in [-0.1, -0.05) is 12.1 Å². The molecule has 0 saturated heterocycles. The van der Waals surface area contributed by atoms with Crippen molar-refractivity contribution in [2.24, 2.45) is 5.73 Å². The van der Waals surface area contributed by atoms with E-state index in [-0.39, 0.29) is 12.0 Å². The zero-order valence-corrected chi connectivity index (χ0v) is 10.4. The monoisotopic (exact) mass is 239 g/mol. The maximum atomic E-state index is 10.9. The van der Waals surface area contributed by atoms with Crippen LogP contribution in [0.2, 0.25) is 0 Å². The first-order chi connectivity index (χ1) is 7.63. The molecule has 0 bridgehead atoms. The maximum absolute atomic E-state index is 10.9. The van der Waals surface area contributed by atoms with Crippen molar-refractivity contribution in [1.82, 2.24) is 0 Å². The molecule has 1 aromatic rings. The maximum Gasteiger partial charge on any atom is 0.306 e. The number of rotatable bonds is 5. The number of ether oxygens (including phenoxy) is 1. The molecule has 1 aromatic carbocycles. The highest BCUT2D eigenvalue weighted by atomic mass is 32.2. The molecule has 0 aliphatic rings. The van der Waals surface area contributed by atoms with Crippen molar-refractivity contribution in [1.29, 1.82) is 0 Å². The van der Waals surface area contributed by atoms with E-state index in [1.807, 2.05) is 31.2 Å². The Balaban J connectivity index is 2.40. The quantitative estimate of drug-likeness (QED) is 0.633. The van der Waals surface area contributed by atoms with E-state index in [2.05, 4.69) is 4.74 Å². The van der Waals surface area contributed by atoms with Crippen LogP contribution in [-0.4, -0.2) is 18.8 Å². The third-order valence-corrected chi connectivity index (χ3v) is 3.22. The topological polar surface area (TPSA) is 52.3 Å². The Morgan fingerprint density at radius 3 is 2.56 bits per heavy atom. The lowest BCUT2D eigenvalue weighted by Gasteiger charge is -2.06. The van der Waals surface area contributed by atoms with Crippen LogP contribution in [0.5, 0.6) is 0 Å². The van der Waals surface area contributed by atoms with Crippen LogP contribution < -0.4 is 5.73 Å². The van der Waals surface area contributed by atoms with Gasteiger partial charge in [-0.2, -0.15) is 0 Å². The average Bonchev–Trinajstić information content (AvgIpc) is 2.29. The summed E-state index contributed by atoms with van der Waals surface area (Å²) in [6.45, 7) is 1.96.